The second kappa shape index (κ2) is 5.88. The van der Waals surface area contributed by atoms with Crippen molar-refractivity contribution in [3.05, 3.63) is 42.0 Å². The molecule has 2 nitrogen and oxygen atoms in total. The molecule has 2 aromatic carbocycles. The topological polar surface area (TPSA) is 37.3 Å². The van der Waals surface area contributed by atoms with Crippen molar-refractivity contribution in [2.75, 3.05) is 5.75 Å². The molecular weight excluding hydrogens is 268 g/mol. The maximum atomic E-state index is 11.3. The van der Waals surface area contributed by atoms with E-state index >= 15 is 0 Å². The zero-order valence-electron chi connectivity index (χ0n) is 11.3. The van der Waals surface area contributed by atoms with E-state index in [1.54, 1.807) is 6.07 Å². The molecular formula is C17H18O2S. The second-order valence-electron chi connectivity index (χ2n) is 5.42. The molecule has 1 aliphatic carbocycles. The van der Waals surface area contributed by atoms with Crippen molar-refractivity contribution < 1.29 is 9.90 Å². The largest absolute Gasteiger partial charge is 0.478 e. The Hall–Kier alpha value is -1.48. The first-order valence-corrected chi connectivity index (χ1v) is 8.12. The van der Waals surface area contributed by atoms with Crippen LogP contribution in [-0.4, -0.2) is 16.8 Å². The van der Waals surface area contributed by atoms with Crippen LogP contribution >= 0.6 is 11.8 Å². The number of carboxylic acid groups (broad SMARTS) is 1. The van der Waals surface area contributed by atoms with Gasteiger partial charge in [0.05, 0.1) is 5.56 Å². The number of hydrogen-bond acceptors (Lipinski definition) is 2. The van der Waals surface area contributed by atoms with Crippen LogP contribution in [0.15, 0.2) is 41.3 Å². The molecule has 1 N–H and O–H groups in total. The molecule has 104 valence electrons. The van der Waals surface area contributed by atoms with E-state index in [2.05, 4.69) is 0 Å². The summed E-state index contributed by atoms with van der Waals surface area (Å²) in [5.74, 6) is 1.13. The van der Waals surface area contributed by atoms with E-state index in [0.717, 1.165) is 22.4 Å². The Balaban J connectivity index is 1.91. The van der Waals surface area contributed by atoms with Gasteiger partial charge in [-0.05, 0) is 41.7 Å². The van der Waals surface area contributed by atoms with Gasteiger partial charge in [0.25, 0.3) is 0 Å². The third-order valence-electron chi connectivity index (χ3n) is 4.06. The monoisotopic (exact) mass is 286 g/mol. The number of carbonyl (C=O) groups is 1. The molecule has 0 heterocycles. The Kier molecular flexibility index (Phi) is 3.97. The molecule has 0 unspecified atom stereocenters. The number of rotatable bonds is 4. The molecule has 0 spiro atoms. The van der Waals surface area contributed by atoms with E-state index in [1.807, 2.05) is 42.1 Å². The van der Waals surface area contributed by atoms with Gasteiger partial charge in [-0.15, -0.1) is 11.8 Å². The number of aromatic carboxylic acids is 1. The van der Waals surface area contributed by atoms with Gasteiger partial charge < -0.3 is 5.11 Å². The van der Waals surface area contributed by atoms with Crippen LogP contribution in [0.2, 0.25) is 0 Å². The first kappa shape index (κ1) is 13.5. The van der Waals surface area contributed by atoms with Crippen molar-refractivity contribution in [1.82, 2.24) is 0 Å². The summed E-state index contributed by atoms with van der Waals surface area (Å²) in [6, 6.07) is 11.5. The highest BCUT2D eigenvalue weighted by atomic mass is 32.2. The van der Waals surface area contributed by atoms with Gasteiger partial charge in [-0.1, -0.05) is 37.1 Å². The summed E-state index contributed by atoms with van der Waals surface area (Å²) in [5, 5.41) is 11.2. The van der Waals surface area contributed by atoms with Crippen LogP contribution in [0.1, 0.15) is 36.0 Å². The minimum absolute atomic E-state index is 0.394. The summed E-state index contributed by atoms with van der Waals surface area (Å²) in [7, 11) is 0. The van der Waals surface area contributed by atoms with Crippen molar-refractivity contribution in [1.29, 1.82) is 0 Å². The van der Waals surface area contributed by atoms with Crippen LogP contribution in [0.25, 0.3) is 10.8 Å². The fraction of sp³-hybridized carbons (Fsp3) is 0.353. The summed E-state index contributed by atoms with van der Waals surface area (Å²) in [5.41, 5.74) is 0.394. The van der Waals surface area contributed by atoms with E-state index in [0.29, 0.717) is 5.56 Å². The summed E-state index contributed by atoms with van der Waals surface area (Å²) in [4.78, 5) is 12.5. The normalized spacial score (nSPS) is 15.8. The molecule has 0 atom stereocenters. The molecule has 3 heteroatoms. The van der Waals surface area contributed by atoms with Crippen LogP contribution in [0, 0.1) is 5.92 Å². The SMILES string of the molecule is O=C(O)c1ccc(SCC2CCCC2)c2ccccc12. The lowest BCUT2D eigenvalue weighted by Gasteiger charge is -2.11. The van der Waals surface area contributed by atoms with Gasteiger partial charge >= 0.3 is 5.97 Å². The van der Waals surface area contributed by atoms with Crippen LogP contribution in [-0.2, 0) is 0 Å². The lowest BCUT2D eigenvalue weighted by atomic mass is 10.0. The molecule has 0 saturated heterocycles. The van der Waals surface area contributed by atoms with Crippen molar-refractivity contribution in [3.8, 4) is 0 Å². The Bertz CT molecular complexity index is 630. The minimum Gasteiger partial charge on any atom is -0.478 e. The number of benzene rings is 2. The van der Waals surface area contributed by atoms with E-state index in [1.165, 1.54) is 30.6 Å². The zero-order valence-corrected chi connectivity index (χ0v) is 12.2. The highest BCUT2D eigenvalue weighted by molar-refractivity contribution is 7.99. The molecule has 1 fully saturated rings. The third-order valence-corrected chi connectivity index (χ3v) is 5.37. The van der Waals surface area contributed by atoms with E-state index in [9.17, 15) is 9.90 Å². The van der Waals surface area contributed by atoms with Crippen LogP contribution in [0.5, 0.6) is 0 Å². The highest BCUT2D eigenvalue weighted by Gasteiger charge is 2.16. The Morgan fingerprint density at radius 2 is 1.80 bits per heavy atom. The maximum absolute atomic E-state index is 11.3. The fourth-order valence-corrected chi connectivity index (χ4v) is 4.21. The van der Waals surface area contributed by atoms with Gasteiger partial charge in [0.15, 0.2) is 0 Å². The number of fused-ring (bicyclic) bond motifs is 1. The van der Waals surface area contributed by atoms with Crippen molar-refractivity contribution >= 4 is 28.5 Å². The summed E-state index contributed by atoms with van der Waals surface area (Å²) in [6.45, 7) is 0. The molecule has 3 rings (SSSR count). The highest BCUT2D eigenvalue weighted by Crippen LogP contribution is 2.35. The zero-order chi connectivity index (χ0) is 13.9. The fourth-order valence-electron chi connectivity index (χ4n) is 2.97. The van der Waals surface area contributed by atoms with E-state index in [4.69, 9.17) is 0 Å². The molecule has 0 aromatic heterocycles. The van der Waals surface area contributed by atoms with E-state index < -0.39 is 5.97 Å². The molecule has 0 aliphatic heterocycles. The Labute approximate surface area is 123 Å². The molecule has 0 radical (unpaired) electrons. The maximum Gasteiger partial charge on any atom is 0.336 e. The van der Waals surface area contributed by atoms with Gasteiger partial charge in [-0.2, -0.15) is 0 Å². The first-order valence-electron chi connectivity index (χ1n) is 7.13. The second-order valence-corrected chi connectivity index (χ2v) is 6.49. The Morgan fingerprint density at radius 1 is 1.10 bits per heavy atom. The summed E-state index contributed by atoms with van der Waals surface area (Å²) < 4.78 is 0. The van der Waals surface area contributed by atoms with E-state index in [-0.39, 0.29) is 0 Å². The van der Waals surface area contributed by atoms with Crippen LogP contribution in [0.3, 0.4) is 0 Å². The van der Waals surface area contributed by atoms with Crippen molar-refractivity contribution in [3.63, 3.8) is 0 Å². The lowest BCUT2D eigenvalue weighted by molar-refractivity contribution is 0.0699. The molecule has 0 bridgehead atoms. The molecule has 2 aromatic rings. The summed E-state index contributed by atoms with van der Waals surface area (Å²) in [6.07, 6.45) is 5.42. The van der Waals surface area contributed by atoms with Gasteiger partial charge in [0, 0.05) is 10.6 Å². The van der Waals surface area contributed by atoms with Crippen LogP contribution in [0.4, 0.5) is 0 Å². The van der Waals surface area contributed by atoms with Crippen LogP contribution < -0.4 is 0 Å². The average Bonchev–Trinajstić information content (AvgIpc) is 2.97. The predicted molar refractivity (Wildman–Crippen MR) is 83.6 cm³/mol. The number of thioether (sulfide) groups is 1. The minimum atomic E-state index is -0.853. The molecule has 0 amide bonds. The van der Waals surface area contributed by atoms with Gasteiger partial charge in [0.1, 0.15) is 0 Å². The van der Waals surface area contributed by atoms with Crippen molar-refractivity contribution in [2.45, 2.75) is 30.6 Å². The quantitative estimate of drug-likeness (QED) is 0.819. The van der Waals surface area contributed by atoms with Crippen molar-refractivity contribution in [2.24, 2.45) is 5.92 Å². The molecule has 1 aliphatic rings. The predicted octanol–water partition coefficient (Wildman–Crippen LogP) is 4.82. The molecule has 20 heavy (non-hydrogen) atoms. The average molecular weight is 286 g/mol. The Morgan fingerprint density at radius 3 is 2.50 bits per heavy atom. The third kappa shape index (κ3) is 2.68. The molecule has 1 saturated carbocycles. The van der Waals surface area contributed by atoms with Gasteiger partial charge in [0.2, 0.25) is 0 Å². The standard InChI is InChI=1S/C17H18O2S/c18-17(19)15-9-10-16(14-8-4-3-7-13(14)15)20-11-12-5-1-2-6-12/h3-4,7-10,12H,1-2,5-6,11H2,(H,18,19). The van der Waals surface area contributed by atoms with Gasteiger partial charge in [-0.3, -0.25) is 0 Å². The first-order chi connectivity index (χ1) is 9.75. The lowest BCUT2D eigenvalue weighted by Crippen LogP contribution is -1.99. The summed E-state index contributed by atoms with van der Waals surface area (Å²) >= 11 is 1.87. The smallest absolute Gasteiger partial charge is 0.336 e. The number of carboxylic acids is 1. The van der Waals surface area contributed by atoms with Gasteiger partial charge in [-0.25, -0.2) is 4.79 Å². The number of hydrogen-bond donors (Lipinski definition) is 1.